The third-order valence-corrected chi connectivity index (χ3v) is 7.22. The molecule has 1 aliphatic rings. The summed E-state index contributed by atoms with van der Waals surface area (Å²) >= 11 is 0. The number of ether oxygens (including phenoxy) is 2. The number of hydrogen-bond donors (Lipinski definition) is 4. The van der Waals surface area contributed by atoms with Crippen LogP contribution in [0.15, 0.2) is 97.1 Å². The number of hydrogen-bond acceptors (Lipinski definition) is 6. The Bertz CT molecular complexity index is 1560. The maximum atomic E-state index is 13.4. The van der Waals surface area contributed by atoms with Gasteiger partial charge in [0, 0.05) is 5.92 Å². The van der Waals surface area contributed by atoms with Gasteiger partial charge in [-0.05, 0) is 52.9 Å². The van der Waals surface area contributed by atoms with Crippen LogP contribution in [-0.2, 0) is 20.9 Å². The maximum absolute atomic E-state index is 13.4. The summed E-state index contributed by atoms with van der Waals surface area (Å²) in [6.07, 6.45) is -1.65. The highest BCUT2D eigenvalue weighted by Gasteiger charge is 2.32. The molecule has 0 bridgehead atoms. The SMILES string of the molecule is CC(OCc1ccccc1)C(NC(=O)OCC1c2ccccc2-c2ccccc21)C(=O)Nc1ccc(O)cc1C(=O)O. The molecule has 0 fully saturated rings. The Hall–Kier alpha value is -5.15. The number of anilines is 1. The van der Waals surface area contributed by atoms with Crippen LogP contribution in [0.5, 0.6) is 5.75 Å². The lowest BCUT2D eigenvalue weighted by Gasteiger charge is -2.25. The van der Waals surface area contributed by atoms with Gasteiger partial charge in [0.05, 0.1) is 24.0 Å². The molecule has 0 radical (unpaired) electrons. The number of phenolic OH excluding ortho intramolecular Hbond substituents is 1. The second-order valence-electron chi connectivity index (χ2n) is 9.97. The van der Waals surface area contributed by atoms with Crippen molar-refractivity contribution in [1.82, 2.24) is 5.32 Å². The molecule has 0 saturated heterocycles. The predicted molar refractivity (Wildman–Crippen MR) is 156 cm³/mol. The van der Waals surface area contributed by atoms with Gasteiger partial charge in [-0.2, -0.15) is 0 Å². The zero-order valence-electron chi connectivity index (χ0n) is 22.8. The van der Waals surface area contributed by atoms with Gasteiger partial charge in [-0.3, -0.25) is 4.79 Å². The molecule has 0 saturated carbocycles. The Labute approximate surface area is 242 Å². The molecular formula is C33H30N2O7. The van der Waals surface area contributed by atoms with Crippen LogP contribution in [0.4, 0.5) is 10.5 Å². The molecule has 1 aliphatic carbocycles. The van der Waals surface area contributed by atoms with E-state index < -0.39 is 30.1 Å². The van der Waals surface area contributed by atoms with Gasteiger partial charge in [-0.25, -0.2) is 9.59 Å². The minimum absolute atomic E-state index is 0.0418. The van der Waals surface area contributed by atoms with Gasteiger partial charge < -0.3 is 30.3 Å². The number of carboxylic acid groups (broad SMARTS) is 1. The molecule has 9 heteroatoms. The first-order valence-corrected chi connectivity index (χ1v) is 13.5. The third kappa shape index (κ3) is 6.26. The number of amides is 2. The van der Waals surface area contributed by atoms with Gasteiger partial charge in [0.15, 0.2) is 0 Å². The van der Waals surface area contributed by atoms with E-state index in [0.29, 0.717) is 0 Å². The Kier molecular flexibility index (Phi) is 8.50. The highest BCUT2D eigenvalue weighted by Crippen LogP contribution is 2.44. The van der Waals surface area contributed by atoms with E-state index in [1.807, 2.05) is 78.9 Å². The molecule has 0 spiro atoms. The molecule has 2 atom stereocenters. The van der Waals surface area contributed by atoms with Crippen LogP contribution in [0.1, 0.15) is 39.9 Å². The topological polar surface area (TPSA) is 134 Å². The fourth-order valence-electron chi connectivity index (χ4n) is 5.09. The molecule has 4 N–H and O–H groups in total. The summed E-state index contributed by atoms with van der Waals surface area (Å²) in [5.41, 5.74) is 4.80. The van der Waals surface area contributed by atoms with Crippen molar-refractivity contribution in [1.29, 1.82) is 0 Å². The fraction of sp³-hybridized carbons (Fsp3) is 0.182. The van der Waals surface area contributed by atoms with Crippen LogP contribution in [0.3, 0.4) is 0 Å². The lowest BCUT2D eigenvalue weighted by Crippen LogP contribution is -2.51. The van der Waals surface area contributed by atoms with Gasteiger partial charge >= 0.3 is 12.1 Å². The van der Waals surface area contributed by atoms with Gasteiger partial charge in [-0.15, -0.1) is 0 Å². The molecule has 5 rings (SSSR count). The number of nitrogens with one attached hydrogen (secondary N) is 2. The second kappa shape index (κ2) is 12.6. The average molecular weight is 567 g/mol. The lowest BCUT2D eigenvalue weighted by molar-refractivity contribution is -0.121. The van der Waals surface area contributed by atoms with Crippen LogP contribution in [0, 0.1) is 0 Å². The summed E-state index contributed by atoms with van der Waals surface area (Å²) < 4.78 is 11.6. The average Bonchev–Trinajstić information content (AvgIpc) is 3.32. The first-order chi connectivity index (χ1) is 20.3. The van der Waals surface area contributed by atoms with E-state index in [1.54, 1.807) is 6.92 Å². The summed E-state index contributed by atoms with van der Waals surface area (Å²) in [4.78, 5) is 38.2. The number of aromatic hydroxyl groups is 1. The largest absolute Gasteiger partial charge is 0.508 e. The monoisotopic (exact) mass is 566 g/mol. The van der Waals surface area contributed by atoms with Crippen molar-refractivity contribution in [2.75, 3.05) is 11.9 Å². The second-order valence-corrected chi connectivity index (χ2v) is 9.97. The van der Waals surface area contributed by atoms with Crippen molar-refractivity contribution in [2.45, 2.75) is 31.6 Å². The van der Waals surface area contributed by atoms with Crippen LogP contribution < -0.4 is 10.6 Å². The van der Waals surface area contributed by atoms with Crippen LogP contribution in [-0.4, -0.2) is 46.9 Å². The number of carboxylic acids is 1. The number of phenols is 1. The Balaban J connectivity index is 1.32. The predicted octanol–water partition coefficient (Wildman–Crippen LogP) is 5.54. The first kappa shape index (κ1) is 28.4. The van der Waals surface area contributed by atoms with Crippen molar-refractivity contribution in [3.63, 3.8) is 0 Å². The normalized spacial score (nSPS) is 13.4. The van der Waals surface area contributed by atoms with Crippen molar-refractivity contribution < 1.29 is 34.1 Å². The third-order valence-electron chi connectivity index (χ3n) is 7.22. The molecule has 2 amide bonds. The molecule has 4 aromatic rings. The zero-order valence-corrected chi connectivity index (χ0v) is 22.8. The molecule has 9 nitrogen and oxygen atoms in total. The number of alkyl carbamates (subject to hydrolysis) is 1. The Morgan fingerprint density at radius 3 is 2.12 bits per heavy atom. The number of benzene rings is 4. The minimum Gasteiger partial charge on any atom is -0.508 e. The Morgan fingerprint density at radius 2 is 1.48 bits per heavy atom. The smallest absolute Gasteiger partial charge is 0.407 e. The van der Waals surface area contributed by atoms with Crippen LogP contribution in [0.25, 0.3) is 11.1 Å². The molecule has 0 aromatic heterocycles. The summed E-state index contributed by atoms with van der Waals surface area (Å²) in [6, 6.07) is 27.6. The van der Waals surface area contributed by atoms with E-state index in [9.17, 15) is 24.6 Å². The zero-order chi connectivity index (χ0) is 29.6. The maximum Gasteiger partial charge on any atom is 0.407 e. The van der Waals surface area contributed by atoms with Crippen molar-refractivity contribution in [2.24, 2.45) is 0 Å². The van der Waals surface area contributed by atoms with Gasteiger partial charge in [0.2, 0.25) is 5.91 Å². The number of carbonyl (C=O) groups is 3. The highest BCUT2D eigenvalue weighted by atomic mass is 16.5. The van der Waals surface area contributed by atoms with Crippen molar-refractivity contribution in [3.05, 3.63) is 119 Å². The molecule has 42 heavy (non-hydrogen) atoms. The van der Waals surface area contributed by atoms with E-state index in [0.717, 1.165) is 33.9 Å². The number of carbonyl (C=O) groups excluding carboxylic acids is 2. The van der Waals surface area contributed by atoms with Crippen LogP contribution in [0.2, 0.25) is 0 Å². The summed E-state index contributed by atoms with van der Waals surface area (Å²) in [6.45, 7) is 1.86. The molecule has 2 unspecified atom stereocenters. The molecular weight excluding hydrogens is 536 g/mol. The fourth-order valence-corrected chi connectivity index (χ4v) is 5.09. The van der Waals surface area contributed by atoms with Crippen LogP contribution >= 0.6 is 0 Å². The number of fused-ring (bicyclic) bond motifs is 3. The molecule has 4 aromatic carbocycles. The standard InChI is InChI=1S/C33H30N2O7/c1-20(41-18-21-9-3-2-4-10-21)30(31(37)34-29-16-15-22(36)17-27(29)32(38)39)35-33(40)42-19-28-25-13-7-5-11-23(25)24-12-6-8-14-26(24)28/h2-17,20,28,30,36H,18-19H2,1H3,(H,34,37)(H,35,40)(H,38,39). The van der Waals surface area contributed by atoms with E-state index in [4.69, 9.17) is 9.47 Å². The lowest BCUT2D eigenvalue weighted by atomic mass is 9.98. The van der Waals surface area contributed by atoms with Gasteiger partial charge in [-0.1, -0.05) is 78.9 Å². The molecule has 0 aliphatic heterocycles. The summed E-state index contributed by atoms with van der Waals surface area (Å²) in [7, 11) is 0. The highest BCUT2D eigenvalue weighted by molar-refractivity contribution is 6.03. The minimum atomic E-state index is -1.34. The van der Waals surface area contributed by atoms with E-state index >= 15 is 0 Å². The number of rotatable bonds is 10. The molecule has 0 heterocycles. The first-order valence-electron chi connectivity index (χ1n) is 13.5. The van der Waals surface area contributed by atoms with Crippen molar-refractivity contribution >= 4 is 23.7 Å². The number of aromatic carboxylic acids is 1. The summed E-state index contributed by atoms with van der Waals surface area (Å²) in [5, 5.41) is 24.4. The van der Waals surface area contributed by atoms with E-state index in [1.165, 1.54) is 12.1 Å². The summed E-state index contributed by atoms with van der Waals surface area (Å²) in [5.74, 6) is -2.48. The Morgan fingerprint density at radius 1 is 0.857 bits per heavy atom. The van der Waals surface area contributed by atoms with Crippen molar-refractivity contribution in [3.8, 4) is 16.9 Å². The molecule has 214 valence electrons. The van der Waals surface area contributed by atoms with Gasteiger partial charge in [0.25, 0.3) is 0 Å². The van der Waals surface area contributed by atoms with E-state index in [-0.39, 0.29) is 36.1 Å². The quantitative estimate of drug-likeness (QED) is 0.185. The van der Waals surface area contributed by atoms with Gasteiger partial charge in [0.1, 0.15) is 18.4 Å². The van der Waals surface area contributed by atoms with E-state index in [2.05, 4.69) is 10.6 Å².